The maximum absolute atomic E-state index is 13.1. The summed E-state index contributed by atoms with van der Waals surface area (Å²) in [5.74, 6) is -0.298. The van der Waals surface area contributed by atoms with E-state index in [2.05, 4.69) is 22.4 Å². The van der Waals surface area contributed by atoms with E-state index in [1.165, 1.54) is 83.7 Å². The number of carbonyl (C=O) groups is 1. The molecule has 280 valence electrons. The minimum Gasteiger partial charge on any atom is -0.377 e. The Morgan fingerprint density at radius 2 is 1.57 bits per heavy atom. The maximum Gasteiger partial charge on any atom is 0.470 e. The van der Waals surface area contributed by atoms with Crippen LogP contribution in [0.1, 0.15) is 148 Å². The smallest absolute Gasteiger partial charge is 0.377 e. The van der Waals surface area contributed by atoms with Gasteiger partial charge in [-0.25, -0.2) is 14.2 Å². The van der Waals surface area contributed by atoms with Gasteiger partial charge in [0.1, 0.15) is 12.3 Å². The van der Waals surface area contributed by atoms with Crippen LogP contribution in [0, 0.1) is 6.92 Å². The van der Waals surface area contributed by atoms with Crippen molar-refractivity contribution in [2.24, 2.45) is 5.22 Å². The summed E-state index contributed by atoms with van der Waals surface area (Å²) in [5, 5.41) is 6.06. The molecule has 15 nitrogen and oxygen atoms in total. The number of hydrogen-bond donors (Lipinski definition) is 3. The summed E-state index contributed by atoms with van der Waals surface area (Å²) in [6.07, 6.45) is 16.1. The number of azide groups is 1. The molecule has 0 spiro atoms. The van der Waals surface area contributed by atoms with Gasteiger partial charge in [0.05, 0.1) is 23.8 Å². The van der Waals surface area contributed by atoms with Crippen LogP contribution < -0.4 is 16.6 Å². The summed E-state index contributed by atoms with van der Waals surface area (Å²) < 4.78 is 30.7. The Morgan fingerprint density at radius 3 is 2.08 bits per heavy atom. The van der Waals surface area contributed by atoms with Crippen molar-refractivity contribution in [3.8, 4) is 0 Å². The summed E-state index contributed by atoms with van der Waals surface area (Å²) in [7, 11) is -5.07. The number of amides is 1. The average Bonchev–Trinajstić information content (AvgIpc) is 3.54. The van der Waals surface area contributed by atoms with Crippen molar-refractivity contribution in [2.45, 2.75) is 174 Å². The Bertz CT molecular complexity index is 1340. The molecule has 16 heteroatoms. The van der Waals surface area contributed by atoms with Gasteiger partial charge in [0.2, 0.25) is 5.91 Å². The Kier molecular flexibility index (Phi) is 20.1. The minimum absolute atomic E-state index is 0.121. The molecule has 3 N–H and O–H groups in total. The van der Waals surface area contributed by atoms with Crippen LogP contribution in [0.5, 0.6) is 0 Å². The van der Waals surface area contributed by atoms with E-state index in [0.717, 1.165) is 23.8 Å². The highest BCUT2D eigenvalue weighted by molar-refractivity contribution is 7.46. The highest BCUT2D eigenvalue weighted by Crippen LogP contribution is 2.43. The molecular formula is C33H59N6O9P. The number of phosphoric ester groups is 1. The molecule has 49 heavy (non-hydrogen) atoms. The van der Waals surface area contributed by atoms with Gasteiger partial charge in [0, 0.05) is 19.2 Å². The van der Waals surface area contributed by atoms with Crippen LogP contribution in [-0.2, 0) is 23.4 Å². The molecule has 1 aromatic heterocycles. The molecule has 1 aliphatic heterocycles. The number of rotatable bonds is 26. The Hall–Kier alpha value is -2.51. The van der Waals surface area contributed by atoms with Crippen molar-refractivity contribution in [3.63, 3.8) is 0 Å². The zero-order valence-electron chi connectivity index (χ0n) is 29.8. The summed E-state index contributed by atoms with van der Waals surface area (Å²) in [6.45, 7) is 7.40. The largest absolute Gasteiger partial charge is 0.470 e. The maximum atomic E-state index is 13.1. The van der Waals surface area contributed by atoms with Gasteiger partial charge in [-0.15, -0.1) is 5.53 Å². The fraction of sp³-hybridized carbons (Fsp3) is 0.848. The number of nitrogens with zero attached hydrogens (tertiary/aromatic N) is 5. The molecule has 5 atom stereocenters. The van der Waals surface area contributed by atoms with E-state index >= 15 is 0 Å². The second kappa shape index (κ2) is 23.1. The summed E-state index contributed by atoms with van der Waals surface area (Å²) in [4.78, 5) is 60.5. The van der Waals surface area contributed by atoms with Gasteiger partial charge in [-0.3, -0.25) is 13.9 Å². The molecule has 2 heterocycles. The number of aryl methyl sites for hydroxylation is 1. The first-order valence-electron chi connectivity index (χ1n) is 18.1. The first-order valence-corrected chi connectivity index (χ1v) is 19.7. The van der Waals surface area contributed by atoms with Gasteiger partial charge < -0.3 is 24.6 Å². The summed E-state index contributed by atoms with van der Waals surface area (Å²) in [6, 6.07) is -0.990. The van der Waals surface area contributed by atoms with Crippen LogP contribution >= 0.6 is 7.82 Å². The third-order valence-electron chi connectivity index (χ3n) is 8.98. The summed E-state index contributed by atoms with van der Waals surface area (Å²) in [5.41, 5.74) is 7.23. The van der Waals surface area contributed by atoms with Crippen molar-refractivity contribution >= 4 is 13.7 Å². The molecular weight excluding hydrogens is 655 g/mol. The monoisotopic (exact) mass is 714 g/mol. The van der Waals surface area contributed by atoms with E-state index in [9.17, 15) is 28.7 Å². The van der Waals surface area contributed by atoms with Crippen LogP contribution in [0.15, 0.2) is 21.0 Å². The van der Waals surface area contributed by atoms with E-state index in [1.807, 2.05) is 0 Å². The lowest BCUT2D eigenvalue weighted by atomic mass is 9.98. The molecule has 0 bridgehead atoms. The van der Waals surface area contributed by atoms with Gasteiger partial charge in [-0.2, -0.15) is 4.91 Å². The molecule has 1 aliphatic rings. The lowest BCUT2D eigenvalue weighted by Gasteiger charge is -2.35. The molecule has 1 saturated heterocycles. The van der Waals surface area contributed by atoms with Crippen LogP contribution in [-0.4, -0.2) is 55.9 Å². The zero-order chi connectivity index (χ0) is 36.2. The summed E-state index contributed by atoms with van der Waals surface area (Å²) >= 11 is 0. The first kappa shape index (κ1) is 42.7. The molecule has 3 unspecified atom stereocenters. The minimum atomic E-state index is -5.07. The number of aromatic nitrogens is 2. The molecule has 2 rings (SSSR count). The van der Waals surface area contributed by atoms with Crippen LogP contribution in [0.4, 0.5) is 0 Å². The van der Waals surface area contributed by atoms with Gasteiger partial charge in [-0.05, 0) is 45.3 Å². The normalized spacial score (nSPS) is 18.2. The highest BCUT2D eigenvalue weighted by atomic mass is 31.2. The van der Waals surface area contributed by atoms with Crippen LogP contribution in [0.25, 0.3) is 10.4 Å². The number of carbonyl (C=O) groups excluding carboxylic acids is 1. The molecule has 0 saturated carbocycles. The third-order valence-corrected chi connectivity index (χ3v) is 9.50. The van der Waals surface area contributed by atoms with Crippen molar-refractivity contribution in [3.05, 3.63) is 43.0 Å². The number of phosphoric acid groups is 1. The van der Waals surface area contributed by atoms with Gasteiger partial charge in [-0.1, -0.05) is 101 Å². The van der Waals surface area contributed by atoms with Crippen molar-refractivity contribution < 1.29 is 33.1 Å². The van der Waals surface area contributed by atoms with Crippen LogP contribution in [0.3, 0.4) is 0 Å². The van der Waals surface area contributed by atoms with Crippen molar-refractivity contribution in [1.29, 1.82) is 0 Å². The van der Waals surface area contributed by atoms with Crippen molar-refractivity contribution in [1.82, 2.24) is 14.6 Å². The number of hydrogen-bond acceptors (Lipinski definition) is 8. The molecule has 0 aliphatic carbocycles. The predicted octanol–water partition coefficient (Wildman–Crippen LogP) is 6.72. The average molecular weight is 715 g/mol. The fourth-order valence-electron chi connectivity index (χ4n) is 6.37. The van der Waals surface area contributed by atoms with E-state index in [0.29, 0.717) is 11.1 Å². The molecule has 1 aromatic rings. The molecule has 0 radical (unpaired) electrons. The third kappa shape index (κ3) is 15.5. The van der Waals surface area contributed by atoms with Gasteiger partial charge in [0.15, 0.2) is 0 Å². The number of nitrogens with one attached hydrogen (secondary N) is 1. The number of unbranched alkanes of at least 4 members (excludes halogenated alkanes) is 14. The second-order valence-electron chi connectivity index (χ2n) is 13.0. The topological polar surface area (TPSA) is 207 Å². The van der Waals surface area contributed by atoms with E-state index in [-0.39, 0.29) is 37.3 Å². The van der Waals surface area contributed by atoms with Gasteiger partial charge >= 0.3 is 19.1 Å². The van der Waals surface area contributed by atoms with Gasteiger partial charge in [0.25, 0.3) is 0 Å². The first-order chi connectivity index (χ1) is 23.4. The van der Waals surface area contributed by atoms with Crippen molar-refractivity contribution in [2.75, 3.05) is 6.61 Å². The fourth-order valence-corrected chi connectivity index (χ4v) is 6.95. The standard InChI is InChI=1S/C33H59N6O9P/c1-5-7-8-9-10-11-12-13-14-15-16-17-18-19-20-21-28(40)35-30(26(4)46-6-2)31(48-49(43,44)45)27-22-23-29(47-27)38-24-25(3)32(41)39(33(38)42)37-36-34/h24,26-27,29-31H,5-23H2,1-4H3,(H,35,40)(H2,43,44,45)/t26?,27-,29+,30?,31?/m0/s1. The lowest BCUT2D eigenvalue weighted by molar-refractivity contribution is -0.128. The van der Waals surface area contributed by atoms with E-state index in [4.69, 9.17) is 19.5 Å². The quantitative estimate of drug-likeness (QED) is 0.0306. The van der Waals surface area contributed by atoms with Crippen LogP contribution in [0.2, 0.25) is 0 Å². The second-order valence-corrected chi connectivity index (χ2v) is 14.2. The highest BCUT2D eigenvalue weighted by Gasteiger charge is 2.44. The zero-order valence-corrected chi connectivity index (χ0v) is 30.7. The lowest BCUT2D eigenvalue weighted by Crippen LogP contribution is -2.55. The molecule has 0 aromatic carbocycles. The molecule has 1 amide bonds. The Morgan fingerprint density at radius 1 is 1.02 bits per heavy atom. The molecule has 1 fully saturated rings. The predicted molar refractivity (Wildman–Crippen MR) is 187 cm³/mol. The Balaban J connectivity index is 1.94. The number of ether oxygens (including phenoxy) is 2. The van der Waals surface area contributed by atoms with E-state index < -0.39 is 49.7 Å². The Labute approximate surface area is 289 Å². The van der Waals surface area contributed by atoms with E-state index in [1.54, 1.807) is 13.8 Å². The SMILES string of the molecule is CCCCCCCCCCCCCCCCCC(=O)NC(C(C)OCC)C(OP(=O)(O)O)[C@@H]1CC[C@H](n2cc(C)c(=O)n(N=[N+]=[N-])c2=O)O1.